The van der Waals surface area contributed by atoms with Crippen LogP contribution in [0.4, 0.5) is 0 Å². The topological polar surface area (TPSA) is 64.6 Å². The minimum atomic E-state index is -3.52. The molecule has 0 bridgehead atoms. The number of hydrogen-bond acceptors (Lipinski definition) is 4. The Morgan fingerprint density at radius 2 is 1.58 bits per heavy atom. The van der Waals surface area contributed by atoms with Gasteiger partial charge < -0.3 is 9.47 Å². The zero-order valence-electron chi connectivity index (χ0n) is 15.0. The number of sulfonamides is 1. The second-order valence-electron chi connectivity index (χ2n) is 6.49. The van der Waals surface area contributed by atoms with Crippen LogP contribution in [0.1, 0.15) is 31.2 Å². The van der Waals surface area contributed by atoms with Crippen molar-refractivity contribution in [1.29, 1.82) is 0 Å². The molecule has 6 heteroatoms. The van der Waals surface area contributed by atoms with E-state index in [-0.39, 0.29) is 11.0 Å². The Hall–Kier alpha value is -2.05. The second-order valence-corrected chi connectivity index (χ2v) is 8.26. The van der Waals surface area contributed by atoms with Crippen LogP contribution in [0.3, 0.4) is 0 Å². The molecule has 0 radical (unpaired) electrons. The van der Waals surface area contributed by atoms with E-state index in [9.17, 15) is 8.42 Å². The van der Waals surface area contributed by atoms with E-state index in [2.05, 4.69) is 4.72 Å². The molecular weight excluding hydrogens is 350 g/mol. The van der Waals surface area contributed by atoms with Gasteiger partial charge in [0.05, 0.1) is 18.1 Å². The van der Waals surface area contributed by atoms with Gasteiger partial charge in [-0.2, -0.15) is 0 Å². The normalized spacial score (nSPS) is 15.1. The summed E-state index contributed by atoms with van der Waals surface area (Å²) in [6, 6.07) is 14.3. The molecule has 140 valence electrons. The van der Waals surface area contributed by atoms with E-state index in [4.69, 9.17) is 9.47 Å². The molecule has 0 unspecified atom stereocenters. The van der Waals surface area contributed by atoms with Gasteiger partial charge in [-0.25, -0.2) is 13.1 Å². The molecule has 2 aromatic rings. The third-order valence-electron chi connectivity index (χ3n) is 4.60. The van der Waals surface area contributed by atoms with E-state index in [1.807, 2.05) is 24.3 Å². The maximum Gasteiger partial charge on any atom is 0.240 e. The van der Waals surface area contributed by atoms with Crippen LogP contribution in [0.2, 0.25) is 0 Å². The zero-order chi connectivity index (χ0) is 18.4. The second kappa shape index (κ2) is 8.56. The number of rotatable bonds is 8. The summed E-state index contributed by atoms with van der Waals surface area (Å²) in [6.07, 6.45) is 5.44. The minimum Gasteiger partial charge on any atom is -0.497 e. The molecule has 0 spiro atoms. The van der Waals surface area contributed by atoms with Gasteiger partial charge in [-0.15, -0.1) is 0 Å². The molecule has 26 heavy (non-hydrogen) atoms. The van der Waals surface area contributed by atoms with Gasteiger partial charge in [0.2, 0.25) is 10.0 Å². The van der Waals surface area contributed by atoms with Gasteiger partial charge in [0.15, 0.2) is 0 Å². The van der Waals surface area contributed by atoms with Crippen molar-refractivity contribution in [2.45, 2.75) is 43.1 Å². The summed E-state index contributed by atoms with van der Waals surface area (Å²) in [5.41, 5.74) is 1.05. The lowest BCUT2D eigenvalue weighted by Crippen LogP contribution is -2.26. The summed E-state index contributed by atoms with van der Waals surface area (Å²) in [4.78, 5) is 0.256. The monoisotopic (exact) mass is 375 g/mol. The van der Waals surface area contributed by atoms with Crippen molar-refractivity contribution >= 4 is 10.0 Å². The molecule has 0 atom stereocenters. The molecule has 1 N–H and O–H groups in total. The fourth-order valence-electron chi connectivity index (χ4n) is 3.10. The Bertz CT molecular complexity index is 795. The summed E-state index contributed by atoms with van der Waals surface area (Å²) < 4.78 is 38.4. The van der Waals surface area contributed by atoms with Crippen molar-refractivity contribution in [3.8, 4) is 11.5 Å². The summed E-state index contributed by atoms with van der Waals surface area (Å²) in [6.45, 7) is 0.342. The lowest BCUT2D eigenvalue weighted by Gasteiger charge is -2.13. The highest BCUT2D eigenvalue weighted by Crippen LogP contribution is 2.25. The average Bonchev–Trinajstić information content (AvgIpc) is 3.16. The highest BCUT2D eigenvalue weighted by molar-refractivity contribution is 7.89. The smallest absolute Gasteiger partial charge is 0.240 e. The van der Waals surface area contributed by atoms with Crippen LogP contribution in [-0.2, 0) is 16.4 Å². The largest absolute Gasteiger partial charge is 0.497 e. The number of nitrogens with one attached hydrogen (secondary N) is 1. The third-order valence-corrected chi connectivity index (χ3v) is 6.08. The molecule has 0 aromatic heterocycles. The molecular formula is C20H25NO4S. The van der Waals surface area contributed by atoms with Crippen LogP contribution >= 0.6 is 0 Å². The fourth-order valence-corrected chi connectivity index (χ4v) is 4.13. The number of benzene rings is 2. The van der Waals surface area contributed by atoms with Crippen LogP contribution in [0.15, 0.2) is 53.4 Å². The predicted molar refractivity (Wildman–Crippen MR) is 101 cm³/mol. The minimum absolute atomic E-state index is 0.256. The summed E-state index contributed by atoms with van der Waals surface area (Å²) >= 11 is 0. The zero-order valence-corrected chi connectivity index (χ0v) is 15.8. The third kappa shape index (κ3) is 4.99. The fraction of sp³-hybridized carbons (Fsp3) is 0.400. The van der Waals surface area contributed by atoms with Gasteiger partial charge in [-0.05, 0) is 74.1 Å². The first kappa shape index (κ1) is 18.7. The molecule has 1 aliphatic carbocycles. The van der Waals surface area contributed by atoms with Crippen molar-refractivity contribution in [2.24, 2.45) is 0 Å². The van der Waals surface area contributed by atoms with Gasteiger partial charge in [0.1, 0.15) is 11.5 Å². The van der Waals surface area contributed by atoms with Crippen LogP contribution in [0.25, 0.3) is 0 Å². The van der Waals surface area contributed by atoms with Gasteiger partial charge in [-0.3, -0.25) is 0 Å². The van der Waals surface area contributed by atoms with Crippen LogP contribution in [0, 0.1) is 0 Å². The molecule has 0 saturated heterocycles. The van der Waals surface area contributed by atoms with E-state index < -0.39 is 10.0 Å². The highest BCUT2D eigenvalue weighted by atomic mass is 32.2. The van der Waals surface area contributed by atoms with Gasteiger partial charge in [-0.1, -0.05) is 12.1 Å². The first-order valence-corrected chi connectivity index (χ1v) is 10.4. The first-order valence-electron chi connectivity index (χ1n) is 8.96. The molecule has 2 aromatic carbocycles. The number of ether oxygens (including phenoxy) is 2. The summed E-state index contributed by atoms with van der Waals surface area (Å²) in [5, 5.41) is 0. The van der Waals surface area contributed by atoms with Gasteiger partial charge in [0, 0.05) is 6.54 Å². The van der Waals surface area contributed by atoms with Crippen molar-refractivity contribution in [3.63, 3.8) is 0 Å². The van der Waals surface area contributed by atoms with Gasteiger partial charge >= 0.3 is 0 Å². The SMILES string of the molecule is COc1ccc(CCNS(=O)(=O)c2ccc(OC3CCCC3)cc2)cc1. The molecule has 3 rings (SSSR count). The molecule has 1 saturated carbocycles. The maximum atomic E-state index is 12.4. The summed E-state index contributed by atoms with van der Waals surface area (Å²) in [7, 11) is -1.90. The molecule has 0 heterocycles. The molecule has 0 aliphatic heterocycles. The standard InChI is InChI=1S/C20H25NO4S/c1-24-17-8-6-16(7-9-17)14-15-21-26(22,23)20-12-10-19(11-13-20)25-18-4-2-3-5-18/h6-13,18,21H,2-5,14-15H2,1H3. The van der Waals surface area contributed by atoms with Crippen molar-refractivity contribution in [2.75, 3.05) is 13.7 Å². The number of methoxy groups -OCH3 is 1. The predicted octanol–water partition coefficient (Wildman–Crippen LogP) is 3.54. The van der Waals surface area contributed by atoms with E-state index in [0.29, 0.717) is 13.0 Å². The Balaban J connectivity index is 1.53. The van der Waals surface area contributed by atoms with Crippen molar-refractivity contribution < 1.29 is 17.9 Å². The Morgan fingerprint density at radius 3 is 2.19 bits per heavy atom. The maximum absolute atomic E-state index is 12.4. The van der Waals surface area contributed by atoms with E-state index in [0.717, 1.165) is 29.9 Å². The van der Waals surface area contributed by atoms with Crippen LogP contribution in [-0.4, -0.2) is 28.2 Å². The Morgan fingerprint density at radius 1 is 0.962 bits per heavy atom. The number of hydrogen-bond donors (Lipinski definition) is 1. The van der Waals surface area contributed by atoms with Crippen LogP contribution < -0.4 is 14.2 Å². The quantitative estimate of drug-likeness (QED) is 0.766. The molecule has 0 amide bonds. The molecule has 5 nitrogen and oxygen atoms in total. The molecule has 1 fully saturated rings. The average molecular weight is 375 g/mol. The molecule has 1 aliphatic rings. The van der Waals surface area contributed by atoms with Crippen molar-refractivity contribution in [3.05, 3.63) is 54.1 Å². The Kier molecular flexibility index (Phi) is 6.16. The van der Waals surface area contributed by atoms with Crippen molar-refractivity contribution in [1.82, 2.24) is 4.72 Å². The summed E-state index contributed by atoms with van der Waals surface area (Å²) in [5.74, 6) is 1.52. The van der Waals surface area contributed by atoms with E-state index >= 15 is 0 Å². The Labute approximate surface area is 155 Å². The first-order chi connectivity index (χ1) is 12.6. The van der Waals surface area contributed by atoms with E-state index in [1.54, 1.807) is 31.4 Å². The van der Waals surface area contributed by atoms with Gasteiger partial charge in [0.25, 0.3) is 0 Å². The van der Waals surface area contributed by atoms with Crippen LogP contribution in [0.5, 0.6) is 11.5 Å². The lowest BCUT2D eigenvalue weighted by molar-refractivity contribution is 0.210. The lowest BCUT2D eigenvalue weighted by atomic mass is 10.1. The highest BCUT2D eigenvalue weighted by Gasteiger charge is 2.17. The van der Waals surface area contributed by atoms with E-state index in [1.165, 1.54) is 12.8 Å².